The molecule has 15 heavy (non-hydrogen) atoms. The van der Waals surface area contributed by atoms with E-state index < -0.39 is 10.5 Å². The van der Waals surface area contributed by atoms with Gasteiger partial charge in [0.25, 0.3) is 10.5 Å². The Hall–Kier alpha value is -0.510. The highest BCUT2D eigenvalue weighted by Crippen LogP contribution is 2.19. The summed E-state index contributed by atoms with van der Waals surface area (Å²) in [4.78, 5) is 22.2. The van der Waals surface area contributed by atoms with Crippen LogP contribution in [0.1, 0.15) is 26.3 Å². The molecule has 0 fully saturated rings. The molecule has 0 atom stereocenters. The summed E-state index contributed by atoms with van der Waals surface area (Å²) in [6.45, 7) is 0. The van der Waals surface area contributed by atoms with E-state index in [0.29, 0.717) is 28.9 Å². The number of hydrogen-bond donors (Lipinski definition) is 1. The van der Waals surface area contributed by atoms with Crippen molar-refractivity contribution in [1.82, 2.24) is 0 Å². The van der Waals surface area contributed by atoms with E-state index in [-0.39, 0.29) is 0 Å². The number of benzene rings is 1. The van der Waals surface area contributed by atoms with Crippen LogP contribution in [0.5, 0.6) is 0 Å². The molecule has 80 valence electrons. The van der Waals surface area contributed by atoms with Crippen LogP contribution >= 0.6 is 35.8 Å². The van der Waals surface area contributed by atoms with Gasteiger partial charge < -0.3 is 0 Å². The summed E-state index contributed by atoms with van der Waals surface area (Å²) >= 11 is 14.9. The highest BCUT2D eigenvalue weighted by molar-refractivity contribution is 7.80. The highest BCUT2D eigenvalue weighted by Gasteiger charge is 2.15. The van der Waals surface area contributed by atoms with Crippen LogP contribution < -0.4 is 0 Å². The molecule has 0 radical (unpaired) electrons. The molecule has 0 saturated heterocycles. The van der Waals surface area contributed by atoms with Gasteiger partial charge in [-0.1, -0.05) is 6.07 Å². The Morgan fingerprint density at radius 2 is 1.60 bits per heavy atom. The van der Waals surface area contributed by atoms with E-state index in [4.69, 9.17) is 23.2 Å². The van der Waals surface area contributed by atoms with E-state index in [0.717, 1.165) is 0 Å². The molecule has 2 nitrogen and oxygen atoms in total. The molecular weight excluding hydrogens is 255 g/mol. The number of halogens is 2. The van der Waals surface area contributed by atoms with Gasteiger partial charge in [-0.3, -0.25) is 9.59 Å². The fourth-order valence-corrected chi connectivity index (χ4v) is 1.91. The average molecular weight is 263 g/mol. The second-order valence-electron chi connectivity index (χ2n) is 2.85. The Morgan fingerprint density at radius 3 is 1.93 bits per heavy atom. The maximum atomic E-state index is 11.1. The van der Waals surface area contributed by atoms with Gasteiger partial charge >= 0.3 is 0 Å². The second-order valence-corrected chi connectivity index (χ2v) is 3.99. The first-order chi connectivity index (χ1) is 7.07. The molecule has 0 heterocycles. The molecule has 1 rings (SSSR count). The minimum absolute atomic E-state index is 0.317. The van der Waals surface area contributed by atoms with Gasteiger partial charge in [0, 0.05) is 11.1 Å². The third kappa shape index (κ3) is 2.97. The van der Waals surface area contributed by atoms with E-state index in [2.05, 4.69) is 12.6 Å². The summed E-state index contributed by atoms with van der Waals surface area (Å²) < 4.78 is 0. The molecular formula is C10H8Cl2O2S. The lowest BCUT2D eigenvalue weighted by Gasteiger charge is -2.08. The summed E-state index contributed by atoms with van der Waals surface area (Å²) in [7, 11) is 0. The van der Waals surface area contributed by atoms with Crippen molar-refractivity contribution in [3.63, 3.8) is 0 Å². The quantitative estimate of drug-likeness (QED) is 0.669. The van der Waals surface area contributed by atoms with E-state index in [1.807, 2.05) is 0 Å². The van der Waals surface area contributed by atoms with Crippen molar-refractivity contribution in [3.05, 3.63) is 34.9 Å². The van der Waals surface area contributed by atoms with Crippen molar-refractivity contribution >= 4 is 46.3 Å². The molecule has 0 bridgehead atoms. The third-order valence-corrected chi connectivity index (χ3v) is 2.59. The fraction of sp³-hybridized carbons (Fsp3) is 0.200. The minimum atomic E-state index is -0.591. The smallest absolute Gasteiger partial charge is 0.252 e. The molecule has 1 aromatic rings. The number of rotatable bonds is 4. The highest BCUT2D eigenvalue weighted by atomic mass is 35.5. The van der Waals surface area contributed by atoms with Crippen molar-refractivity contribution in [2.75, 3.05) is 5.75 Å². The Bertz CT molecular complexity index is 372. The molecule has 1 aromatic carbocycles. The molecule has 0 aromatic heterocycles. The summed E-state index contributed by atoms with van der Waals surface area (Å²) in [6, 6.07) is 4.71. The molecule has 5 heteroatoms. The number of hydrogen-bond acceptors (Lipinski definition) is 3. The van der Waals surface area contributed by atoms with Crippen LogP contribution in [0.3, 0.4) is 0 Å². The zero-order chi connectivity index (χ0) is 11.4. The van der Waals surface area contributed by atoms with Crippen molar-refractivity contribution in [1.29, 1.82) is 0 Å². The lowest BCUT2D eigenvalue weighted by atomic mass is 10.00. The molecule has 0 aliphatic rings. The molecule has 0 unspecified atom stereocenters. The van der Waals surface area contributed by atoms with Gasteiger partial charge in [-0.15, -0.1) is 0 Å². The third-order valence-electron chi connectivity index (χ3n) is 1.96. The predicted octanol–water partition coefficient (Wildman–Crippen LogP) is 2.92. The fourth-order valence-electron chi connectivity index (χ4n) is 1.34. The predicted molar refractivity (Wildman–Crippen MR) is 64.4 cm³/mol. The number of carbonyl (C=O) groups is 2. The Morgan fingerprint density at radius 1 is 1.13 bits per heavy atom. The summed E-state index contributed by atoms with van der Waals surface area (Å²) in [5.74, 6) is 0.512. The molecule has 0 spiro atoms. The molecule has 0 aliphatic carbocycles. The average Bonchev–Trinajstić information content (AvgIpc) is 2.17. The SMILES string of the molecule is O=C(Cl)c1cccc(C(=O)Cl)c1CCS. The first kappa shape index (κ1) is 12.6. The monoisotopic (exact) mass is 262 g/mol. The lowest BCUT2D eigenvalue weighted by Crippen LogP contribution is -2.05. The second kappa shape index (κ2) is 5.54. The van der Waals surface area contributed by atoms with Gasteiger partial charge in [0.2, 0.25) is 0 Å². The topological polar surface area (TPSA) is 34.1 Å². The number of carbonyl (C=O) groups excluding carboxylic acids is 2. The summed E-state index contributed by atoms with van der Waals surface area (Å²) in [5, 5.41) is -1.18. The van der Waals surface area contributed by atoms with Crippen LogP contribution in [0.15, 0.2) is 18.2 Å². The van der Waals surface area contributed by atoms with E-state index in [1.54, 1.807) is 18.2 Å². The van der Waals surface area contributed by atoms with E-state index in [9.17, 15) is 9.59 Å². The van der Waals surface area contributed by atoms with Crippen molar-refractivity contribution in [2.24, 2.45) is 0 Å². The van der Waals surface area contributed by atoms with Gasteiger partial charge in [0.1, 0.15) is 0 Å². The standard InChI is InChI=1S/C10H8Cl2O2S/c11-9(13)7-2-1-3-8(10(12)14)6(7)4-5-15/h1-3,15H,4-5H2. The zero-order valence-electron chi connectivity index (χ0n) is 7.67. The Labute approximate surface area is 103 Å². The summed E-state index contributed by atoms with van der Waals surface area (Å²) in [5.41, 5.74) is 1.20. The number of thiol groups is 1. The Balaban J connectivity index is 3.34. The zero-order valence-corrected chi connectivity index (χ0v) is 10.1. The van der Waals surface area contributed by atoms with Crippen LogP contribution in [0.2, 0.25) is 0 Å². The minimum Gasteiger partial charge on any atom is -0.276 e. The van der Waals surface area contributed by atoms with Crippen LogP contribution in [-0.2, 0) is 6.42 Å². The van der Waals surface area contributed by atoms with Crippen LogP contribution in [0.25, 0.3) is 0 Å². The van der Waals surface area contributed by atoms with Crippen molar-refractivity contribution in [3.8, 4) is 0 Å². The van der Waals surface area contributed by atoms with Gasteiger partial charge in [-0.05, 0) is 53.1 Å². The van der Waals surface area contributed by atoms with Crippen LogP contribution in [0, 0.1) is 0 Å². The van der Waals surface area contributed by atoms with Gasteiger partial charge in [0.15, 0.2) is 0 Å². The normalized spacial score (nSPS) is 10.1. The van der Waals surface area contributed by atoms with Crippen LogP contribution in [0.4, 0.5) is 0 Å². The lowest BCUT2D eigenvalue weighted by molar-refractivity contribution is 0.108. The maximum Gasteiger partial charge on any atom is 0.252 e. The van der Waals surface area contributed by atoms with Gasteiger partial charge in [-0.2, -0.15) is 12.6 Å². The van der Waals surface area contributed by atoms with Crippen molar-refractivity contribution in [2.45, 2.75) is 6.42 Å². The van der Waals surface area contributed by atoms with Crippen molar-refractivity contribution < 1.29 is 9.59 Å². The van der Waals surface area contributed by atoms with Gasteiger partial charge in [0.05, 0.1) is 0 Å². The molecule has 0 N–H and O–H groups in total. The Kier molecular flexibility index (Phi) is 4.64. The van der Waals surface area contributed by atoms with Crippen LogP contribution in [-0.4, -0.2) is 16.2 Å². The first-order valence-corrected chi connectivity index (χ1v) is 5.59. The van der Waals surface area contributed by atoms with E-state index in [1.165, 1.54) is 0 Å². The maximum absolute atomic E-state index is 11.1. The molecule has 0 saturated carbocycles. The molecule has 0 amide bonds. The van der Waals surface area contributed by atoms with E-state index >= 15 is 0 Å². The first-order valence-electron chi connectivity index (χ1n) is 4.20. The largest absolute Gasteiger partial charge is 0.276 e. The molecule has 0 aliphatic heterocycles. The summed E-state index contributed by atoms with van der Waals surface area (Å²) in [6.07, 6.45) is 0.478. The van der Waals surface area contributed by atoms with Gasteiger partial charge in [-0.25, -0.2) is 0 Å².